The summed E-state index contributed by atoms with van der Waals surface area (Å²) < 4.78 is 5.14. The number of nitrogens with one attached hydrogen (secondary N) is 1. The van der Waals surface area contributed by atoms with E-state index in [1.165, 1.54) is 11.1 Å². The lowest BCUT2D eigenvalue weighted by Gasteiger charge is -2.19. The van der Waals surface area contributed by atoms with Gasteiger partial charge in [0, 0.05) is 30.3 Å². The van der Waals surface area contributed by atoms with Gasteiger partial charge in [-0.3, -0.25) is 9.97 Å². The van der Waals surface area contributed by atoms with E-state index in [1.54, 1.807) is 0 Å². The van der Waals surface area contributed by atoms with Gasteiger partial charge >= 0.3 is 6.09 Å². The summed E-state index contributed by atoms with van der Waals surface area (Å²) in [6, 6.07) is 8.15. The first kappa shape index (κ1) is 27.8. The van der Waals surface area contributed by atoms with Gasteiger partial charge in [0.2, 0.25) is 0 Å². The lowest BCUT2D eigenvalue weighted by atomic mass is 10.2. The highest BCUT2D eigenvalue weighted by Crippen LogP contribution is 2.07. The minimum atomic E-state index is -0.442. The van der Waals surface area contributed by atoms with E-state index in [1.807, 2.05) is 52.2 Å². The maximum absolute atomic E-state index is 11.4. The summed E-state index contributed by atoms with van der Waals surface area (Å²) in [6.45, 7) is 11.0. The third-order valence-corrected chi connectivity index (χ3v) is 3.86. The summed E-state index contributed by atoms with van der Waals surface area (Å²) in [5, 5.41) is 2.74. The molecule has 168 valence electrons. The van der Waals surface area contributed by atoms with Gasteiger partial charge in [0.15, 0.2) is 0 Å². The van der Waals surface area contributed by atoms with E-state index in [4.69, 9.17) is 10.5 Å². The average molecular weight is 437 g/mol. The van der Waals surface area contributed by atoms with Gasteiger partial charge in [-0.15, -0.1) is 12.4 Å². The van der Waals surface area contributed by atoms with E-state index in [0.29, 0.717) is 6.54 Å². The summed E-state index contributed by atoms with van der Waals surface area (Å²) in [4.78, 5) is 19.9. The number of halogens is 1. The molecule has 2 aromatic heterocycles. The molecule has 0 atom stereocenters. The second-order valence-corrected chi connectivity index (χ2v) is 8.07. The molecule has 0 aromatic carbocycles. The van der Waals surface area contributed by atoms with Gasteiger partial charge in [0.1, 0.15) is 5.60 Å². The van der Waals surface area contributed by atoms with E-state index in [-0.39, 0.29) is 18.5 Å². The van der Waals surface area contributed by atoms with Crippen LogP contribution in [0.1, 0.15) is 56.1 Å². The lowest BCUT2D eigenvalue weighted by Crippen LogP contribution is -2.33. The highest BCUT2D eigenvalue weighted by atomic mass is 35.5. The van der Waals surface area contributed by atoms with E-state index < -0.39 is 5.60 Å². The zero-order valence-electron chi connectivity index (χ0n) is 18.9. The van der Waals surface area contributed by atoms with Crippen LogP contribution >= 0.6 is 12.4 Å². The molecule has 30 heavy (non-hydrogen) atoms. The Morgan fingerprint density at radius 1 is 1.00 bits per heavy atom. The Balaban J connectivity index is 0.000000603. The molecule has 0 saturated heterocycles. The Morgan fingerprint density at radius 2 is 1.50 bits per heavy atom. The topological polar surface area (TPSA) is 90.1 Å². The molecule has 3 N–H and O–H groups in total. The number of hydrogen-bond donors (Lipinski definition) is 2. The van der Waals surface area contributed by atoms with Crippen LogP contribution in [0.3, 0.4) is 0 Å². The number of ether oxygens (including phenoxy) is 1. The molecule has 0 aliphatic heterocycles. The molecular weight excluding hydrogens is 400 g/mol. The minimum Gasteiger partial charge on any atom is -0.444 e. The molecule has 7 heteroatoms. The molecule has 0 radical (unpaired) electrons. The third-order valence-electron chi connectivity index (χ3n) is 3.86. The second kappa shape index (κ2) is 14.7. The maximum Gasteiger partial charge on any atom is 0.407 e. The molecule has 1 amide bonds. The Labute approximate surface area is 187 Å². The standard InChI is InChI=1S/C14H22N2O2.C9H14N2.ClH/c1-11-7-9-15-12(10-11)6-5-8-16-13(17)18-14(2,3)4;1-8-4-6-11-9(7-8)3-2-5-10;/h7,9-10H,5-6,8H2,1-4H3,(H,16,17);4,6-7H,2-3,5,10H2,1H3;1H. The molecule has 2 aromatic rings. The molecule has 0 aliphatic rings. The first-order chi connectivity index (χ1) is 13.7. The fourth-order valence-electron chi connectivity index (χ4n) is 2.53. The molecule has 0 fully saturated rings. The van der Waals surface area contributed by atoms with Crippen LogP contribution < -0.4 is 11.1 Å². The summed E-state index contributed by atoms with van der Waals surface area (Å²) in [5.74, 6) is 0. The molecule has 6 nitrogen and oxygen atoms in total. The van der Waals surface area contributed by atoms with Crippen molar-refractivity contribution in [2.75, 3.05) is 13.1 Å². The third kappa shape index (κ3) is 13.9. The first-order valence-corrected chi connectivity index (χ1v) is 10.2. The Bertz CT molecular complexity index is 748. The van der Waals surface area contributed by atoms with Crippen molar-refractivity contribution >= 4 is 18.5 Å². The van der Waals surface area contributed by atoms with Crippen LogP contribution in [0, 0.1) is 13.8 Å². The maximum atomic E-state index is 11.4. The molecule has 0 aliphatic carbocycles. The van der Waals surface area contributed by atoms with Crippen molar-refractivity contribution in [1.82, 2.24) is 15.3 Å². The normalized spacial score (nSPS) is 10.3. The van der Waals surface area contributed by atoms with Crippen LogP contribution in [-0.2, 0) is 17.6 Å². The van der Waals surface area contributed by atoms with Crippen LogP contribution in [0.2, 0.25) is 0 Å². The lowest BCUT2D eigenvalue weighted by molar-refractivity contribution is 0.0527. The summed E-state index contributed by atoms with van der Waals surface area (Å²) >= 11 is 0. The van der Waals surface area contributed by atoms with Crippen LogP contribution in [0.15, 0.2) is 36.7 Å². The number of rotatable bonds is 7. The number of pyridine rings is 2. The van der Waals surface area contributed by atoms with Crippen molar-refractivity contribution in [2.24, 2.45) is 5.73 Å². The molecule has 0 saturated carbocycles. The summed E-state index contributed by atoms with van der Waals surface area (Å²) in [7, 11) is 0. The minimum absolute atomic E-state index is 0. The molecule has 0 spiro atoms. The number of carbonyl (C=O) groups is 1. The van der Waals surface area contributed by atoms with Crippen molar-refractivity contribution in [1.29, 1.82) is 0 Å². The number of nitrogens with two attached hydrogens (primary N) is 1. The summed E-state index contributed by atoms with van der Waals surface area (Å²) in [5.41, 5.74) is 9.63. The van der Waals surface area contributed by atoms with Crippen LogP contribution in [0.4, 0.5) is 4.79 Å². The largest absolute Gasteiger partial charge is 0.444 e. The second-order valence-electron chi connectivity index (χ2n) is 8.07. The first-order valence-electron chi connectivity index (χ1n) is 10.2. The van der Waals surface area contributed by atoms with Crippen LogP contribution in [-0.4, -0.2) is 34.8 Å². The number of hydrogen-bond acceptors (Lipinski definition) is 5. The van der Waals surface area contributed by atoms with Gasteiger partial charge < -0.3 is 15.8 Å². The Kier molecular flexibility index (Phi) is 13.7. The number of aryl methyl sites for hydroxylation is 4. The predicted octanol–water partition coefficient (Wildman–Crippen LogP) is 4.55. The number of aromatic nitrogens is 2. The molecule has 2 heterocycles. The fraction of sp³-hybridized carbons (Fsp3) is 0.522. The van der Waals surface area contributed by atoms with Crippen molar-refractivity contribution in [3.8, 4) is 0 Å². The fourth-order valence-corrected chi connectivity index (χ4v) is 2.53. The van der Waals surface area contributed by atoms with Crippen LogP contribution in [0.25, 0.3) is 0 Å². The highest BCUT2D eigenvalue weighted by molar-refractivity contribution is 5.85. The van der Waals surface area contributed by atoms with E-state index >= 15 is 0 Å². The SMILES string of the molecule is Cc1ccnc(CCCN)c1.Cc1ccnc(CCCNC(=O)OC(C)(C)C)c1.Cl. The number of nitrogens with zero attached hydrogens (tertiary/aromatic N) is 2. The molecule has 0 bridgehead atoms. The Morgan fingerprint density at radius 3 is 1.93 bits per heavy atom. The molecular formula is C23H37ClN4O2. The predicted molar refractivity (Wildman–Crippen MR) is 125 cm³/mol. The number of carbonyl (C=O) groups excluding carboxylic acids is 1. The monoisotopic (exact) mass is 436 g/mol. The number of amides is 1. The summed E-state index contributed by atoms with van der Waals surface area (Å²) in [6.07, 6.45) is 7.04. The molecule has 0 unspecified atom stereocenters. The van der Waals surface area contributed by atoms with Gasteiger partial charge in [-0.1, -0.05) is 0 Å². The quantitative estimate of drug-likeness (QED) is 0.621. The van der Waals surface area contributed by atoms with Crippen molar-refractivity contribution < 1.29 is 9.53 Å². The average Bonchev–Trinajstić information content (AvgIpc) is 2.63. The zero-order valence-corrected chi connectivity index (χ0v) is 19.7. The van der Waals surface area contributed by atoms with Gasteiger partial charge in [-0.2, -0.15) is 0 Å². The van der Waals surface area contributed by atoms with E-state index in [9.17, 15) is 4.79 Å². The van der Waals surface area contributed by atoms with Gasteiger partial charge in [0.05, 0.1) is 0 Å². The van der Waals surface area contributed by atoms with E-state index in [0.717, 1.165) is 43.6 Å². The molecule has 2 rings (SSSR count). The smallest absolute Gasteiger partial charge is 0.407 e. The number of alkyl carbamates (subject to hydrolysis) is 1. The van der Waals surface area contributed by atoms with Crippen molar-refractivity contribution in [3.63, 3.8) is 0 Å². The van der Waals surface area contributed by atoms with Gasteiger partial charge in [0.25, 0.3) is 0 Å². The highest BCUT2D eigenvalue weighted by Gasteiger charge is 2.15. The van der Waals surface area contributed by atoms with E-state index in [2.05, 4.69) is 34.3 Å². The van der Waals surface area contributed by atoms with Gasteiger partial charge in [-0.25, -0.2) is 4.79 Å². The van der Waals surface area contributed by atoms with Crippen molar-refractivity contribution in [3.05, 3.63) is 59.2 Å². The zero-order chi connectivity index (χ0) is 21.7. The van der Waals surface area contributed by atoms with Gasteiger partial charge in [-0.05, 0) is 102 Å². The van der Waals surface area contributed by atoms with Crippen LogP contribution in [0.5, 0.6) is 0 Å². The Hall–Kier alpha value is -2.18. The van der Waals surface area contributed by atoms with Crippen molar-refractivity contribution in [2.45, 2.75) is 65.9 Å².